The van der Waals surface area contributed by atoms with Gasteiger partial charge in [-0.25, -0.2) is 0 Å². The number of aliphatic hydroxyl groups excluding tert-OH is 10. The normalized spacial score (nSPS) is 58.2. The minimum absolute atomic E-state index is 0.0658. The quantitative estimate of drug-likeness (QED) is 0.128. The molecule has 27 unspecified atom stereocenters. The lowest BCUT2D eigenvalue weighted by Crippen LogP contribution is -2.67. The van der Waals surface area contributed by atoms with E-state index in [4.69, 9.17) is 37.9 Å². The van der Waals surface area contributed by atoms with E-state index in [0.717, 1.165) is 58.0 Å². The Morgan fingerprint density at radius 1 is 0.556 bits per heavy atom. The lowest BCUT2D eigenvalue weighted by molar-refractivity contribution is -0.396. The maximum Gasteiger partial charge on any atom is 0.187 e. The second-order valence-corrected chi connectivity index (χ2v) is 21.5. The molecule has 9 aliphatic rings. The zero-order valence-electron chi connectivity index (χ0n) is 37.0. The van der Waals surface area contributed by atoms with Crippen LogP contribution in [0.3, 0.4) is 0 Å². The Morgan fingerprint density at radius 2 is 1.14 bits per heavy atom. The highest BCUT2D eigenvalue weighted by atomic mass is 16.8. The SMILES string of the molecule is CC1CCC2(OC1)OC1CC3C4CCC5CC(OC6OC(CO)C(O)C(OC7OC(CO)C(O)C(O)C7O)C6OC6OC(CO)C(O)C(O)C6O)CCC5(C)C4CCC3(C)C1C2C. The monoisotopic (exact) mass is 902 g/mol. The highest BCUT2D eigenvalue weighted by Gasteiger charge is 2.69. The van der Waals surface area contributed by atoms with E-state index in [-0.39, 0.29) is 23.0 Å². The molecule has 18 heteroatoms. The molecule has 27 atom stereocenters. The third-order valence-corrected chi connectivity index (χ3v) is 18.3. The van der Waals surface area contributed by atoms with E-state index in [9.17, 15) is 51.1 Å². The fraction of sp³-hybridized carbons (Fsp3) is 1.00. The Morgan fingerprint density at radius 3 is 1.75 bits per heavy atom. The summed E-state index contributed by atoms with van der Waals surface area (Å²) < 4.78 is 50.2. The summed E-state index contributed by atoms with van der Waals surface area (Å²) in [6.07, 6.45) is -14.7. The second-order valence-electron chi connectivity index (χ2n) is 21.5. The van der Waals surface area contributed by atoms with E-state index in [1.54, 1.807) is 0 Å². The first kappa shape index (κ1) is 47.4. The van der Waals surface area contributed by atoms with Crippen molar-refractivity contribution in [2.45, 2.75) is 202 Å². The highest BCUT2D eigenvalue weighted by molar-refractivity contribution is 5.15. The molecule has 0 bridgehead atoms. The van der Waals surface area contributed by atoms with Crippen LogP contribution in [-0.2, 0) is 37.9 Å². The van der Waals surface area contributed by atoms with Crippen molar-refractivity contribution >= 4 is 0 Å². The van der Waals surface area contributed by atoms with Crippen LogP contribution in [0.2, 0.25) is 0 Å². The topological polar surface area (TPSA) is 276 Å². The molecule has 5 aliphatic heterocycles. The van der Waals surface area contributed by atoms with Gasteiger partial charge >= 0.3 is 0 Å². The van der Waals surface area contributed by atoms with Gasteiger partial charge in [0.25, 0.3) is 0 Å². The van der Waals surface area contributed by atoms with E-state index in [2.05, 4.69) is 27.7 Å². The van der Waals surface area contributed by atoms with Crippen LogP contribution in [0.25, 0.3) is 0 Å². The Labute approximate surface area is 369 Å². The second kappa shape index (κ2) is 18.0. The number of ether oxygens (including phenoxy) is 8. The molecule has 9 rings (SSSR count). The molecule has 4 aliphatic carbocycles. The van der Waals surface area contributed by atoms with Gasteiger partial charge in [0, 0.05) is 12.3 Å². The number of hydrogen-bond acceptors (Lipinski definition) is 18. The first-order valence-electron chi connectivity index (χ1n) is 23.8. The third-order valence-electron chi connectivity index (χ3n) is 18.3. The van der Waals surface area contributed by atoms with Gasteiger partial charge in [0.1, 0.15) is 73.2 Å². The van der Waals surface area contributed by atoms with Gasteiger partial charge in [-0.05, 0) is 104 Å². The predicted molar refractivity (Wildman–Crippen MR) is 216 cm³/mol. The molecular weight excluding hydrogens is 828 g/mol. The molecular formula is C45H74O18. The van der Waals surface area contributed by atoms with Crippen molar-refractivity contribution in [2.24, 2.45) is 52.3 Å². The number of rotatable bonds is 9. The van der Waals surface area contributed by atoms with Gasteiger partial charge in [-0.2, -0.15) is 0 Å². The molecule has 5 saturated heterocycles. The van der Waals surface area contributed by atoms with Crippen LogP contribution in [0.5, 0.6) is 0 Å². The number of fused-ring (bicyclic) bond motifs is 7. The highest BCUT2D eigenvalue weighted by Crippen LogP contribution is 2.71. The summed E-state index contributed by atoms with van der Waals surface area (Å²) in [5.74, 6) is 2.99. The number of aliphatic hydroxyl groups is 10. The van der Waals surface area contributed by atoms with Crippen LogP contribution in [0.4, 0.5) is 0 Å². The fourth-order valence-electron chi connectivity index (χ4n) is 14.7. The standard InChI is InChI=1S/C45H74O18/c1-19-7-12-45(56-18-19)20(2)30-26(63-45)14-25-23-6-5-21-13-22(8-10-43(21,3)24(23)9-11-44(25,30)4)57-42-39(62-41-37(55)35(53)32(50)28(16-47)59-41)38(33(51)29(17-48)60-42)61-40-36(54)34(52)31(49)27(15-46)58-40/h19-42,46-55H,5-18H2,1-4H3. The first-order valence-corrected chi connectivity index (χ1v) is 23.8. The van der Waals surface area contributed by atoms with Crippen molar-refractivity contribution in [3.63, 3.8) is 0 Å². The zero-order chi connectivity index (χ0) is 44.9. The fourth-order valence-corrected chi connectivity index (χ4v) is 14.7. The van der Waals surface area contributed by atoms with Gasteiger partial charge < -0.3 is 89.0 Å². The summed E-state index contributed by atoms with van der Waals surface area (Å²) in [5.41, 5.74) is 0.261. The van der Waals surface area contributed by atoms with Crippen molar-refractivity contribution in [1.29, 1.82) is 0 Å². The van der Waals surface area contributed by atoms with Crippen LogP contribution in [0.15, 0.2) is 0 Å². The summed E-state index contributed by atoms with van der Waals surface area (Å²) in [7, 11) is 0. The van der Waals surface area contributed by atoms with Crippen molar-refractivity contribution in [3.8, 4) is 0 Å². The van der Waals surface area contributed by atoms with E-state index in [1.165, 1.54) is 0 Å². The van der Waals surface area contributed by atoms with Gasteiger partial charge in [0.2, 0.25) is 0 Å². The summed E-state index contributed by atoms with van der Waals surface area (Å²) in [6.45, 7) is 8.21. The molecule has 0 aromatic carbocycles. The molecule has 10 N–H and O–H groups in total. The largest absolute Gasteiger partial charge is 0.394 e. The van der Waals surface area contributed by atoms with Crippen LogP contribution < -0.4 is 0 Å². The molecule has 0 amide bonds. The van der Waals surface area contributed by atoms with E-state index in [1.807, 2.05) is 0 Å². The van der Waals surface area contributed by atoms with E-state index < -0.39 is 118 Å². The third kappa shape index (κ3) is 7.88. The van der Waals surface area contributed by atoms with Crippen molar-refractivity contribution in [1.82, 2.24) is 0 Å². The minimum Gasteiger partial charge on any atom is -0.394 e. The molecule has 1 spiro atoms. The van der Waals surface area contributed by atoms with Gasteiger partial charge in [0.05, 0.1) is 38.6 Å². The summed E-state index contributed by atoms with van der Waals surface area (Å²) in [4.78, 5) is 0. The average Bonchev–Trinajstić information content (AvgIpc) is 3.72. The van der Waals surface area contributed by atoms with E-state index >= 15 is 0 Å². The van der Waals surface area contributed by atoms with Gasteiger partial charge in [-0.15, -0.1) is 0 Å². The van der Waals surface area contributed by atoms with Crippen LogP contribution in [0, 0.1) is 52.3 Å². The van der Waals surface area contributed by atoms with Crippen molar-refractivity contribution in [3.05, 3.63) is 0 Å². The average molecular weight is 903 g/mol. The van der Waals surface area contributed by atoms with Crippen molar-refractivity contribution in [2.75, 3.05) is 26.4 Å². The molecule has 5 heterocycles. The van der Waals surface area contributed by atoms with Crippen LogP contribution in [-0.4, -0.2) is 188 Å². The molecule has 4 saturated carbocycles. The van der Waals surface area contributed by atoms with Gasteiger partial charge in [0.15, 0.2) is 24.7 Å². The summed E-state index contributed by atoms with van der Waals surface area (Å²) >= 11 is 0. The Bertz CT molecular complexity index is 1570. The van der Waals surface area contributed by atoms with Gasteiger partial charge in [-0.1, -0.05) is 27.7 Å². The molecule has 0 aromatic rings. The molecule has 0 radical (unpaired) electrons. The Hall–Kier alpha value is -0.720. The number of hydrogen-bond donors (Lipinski definition) is 10. The Balaban J connectivity index is 0.925. The predicted octanol–water partition coefficient (Wildman–Crippen LogP) is -0.734. The molecule has 9 fully saturated rings. The lowest BCUT2D eigenvalue weighted by atomic mass is 9.44. The molecule has 63 heavy (non-hydrogen) atoms. The first-order chi connectivity index (χ1) is 30.0. The molecule has 0 aromatic heterocycles. The van der Waals surface area contributed by atoms with Crippen molar-refractivity contribution < 1.29 is 89.0 Å². The van der Waals surface area contributed by atoms with Gasteiger partial charge in [-0.3, -0.25) is 0 Å². The lowest BCUT2D eigenvalue weighted by Gasteiger charge is -2.61. The summed E-state index contributed by atoms with van der Waals surface area (Å²) in [5, 5.41) is 106. The maximum atomic E-state index is 11.6. The molecule has 18 nitrogen and oxygen atoms in total. The van der Waals surface area contributed by atoms with Crippen LogP contribution in [0.1, 0.15) is 91.9 Å². The Kier molecular flexibility index (Phi) is 13.5. The zero-order valence-corrected chi connectivity index (χ0v) is 37.0. The minimum atomic E-state index is -1.87. The smallest absolute Gasteiger partial charge is 0.187 e. The molecule has 362 valence electrons. The van der Waals surface area contributed by atoms with Crippen LogP contribution >= 0.6 is 0 Å². The maximum absolute atomic E-state index is 11.6. The summed E-state index contributed by atoms with van der Waals surface area (Å²) in [6, 6.07) is 0. The van der Waals surface area contributed by atoms with E-state index in [0.29, 0.717) is 54.3 Å².